The molecule has 1 aromatic heterocycles. The van der Waals surface area contributed by atoms with Gasteiger partial charge in [0.05, 0.1) is 16.9 Å². The van der Waals surface area contributed by atoms with E-state index in [1.54, 1.807) is 11.0 Å². The summed E-state index contributed by atoms with van der Waals surface area (Å²) in [5, 5.41) is 0.633. The summed E-state index contributed by atoms with van der Waals surface area (Å²) in [6.07, 6.45) is 0.775. The van der Waals surface area contributed by atoms with Gasteiger partial charge in [-0.1, -0.05) is 11.6 Å². The molecule has 0 N–H and O–H groups in total. The Morgan fingerprint density at radius 2 is 2.26 bits per heavy atom. The first-order chi connectivity index (χ1) is 9.11. The topological polar surface area (TPSA) is 38.1 Å². The summed E-state index contributed by atoms with van der Waals surface area (Å²) in [6.45, 7) is 0.755. The van der Waals surface area contributed by atoms with Crippen LogP contribution in [0.1, 0.15) is 18.3 Å². The lowest BCUT2D eigenvalue weighted by Gasteiger charge is -2.15. The molecule has 1 aliphatic rings. The molecule has 1 atom stereocenters. The van der Waals surface area contributed by atoms with E-state index in [1.807, 2.05) is 23.7 Å². The van der Waals surface area contributed by atoms with E-state index >= 15 is 0 Å². The molecular weight excluding hydrogens is 285 g/mol. The molecule has 1 unspecified atom stereocenters. The zero-order valence-corrected chi connectivity index (χ0v) is 11.9. The molecule has 0 spiro atoms. The van der Waals surface area contributed by atoms with Gasteiger partial charge in [-0.05, 0) is 24.6 Å². The number of fused-ring (bicyclic) bond motifs is 1. The zero-order valence-electron chi connectivity index (χ0n) is 10.4. The molecule has 1 aliphatic heterocycles. The number of nitrogens with zero attached hydrogens (tertiary/aromatic N) is 3. The highest BCUT2D eigenvalue weighted by molar-refractivity contribution is 6.31. The molecule has 0 radical (unpaired) electrons. The maximum atomic E-state index is 12.2. The number of rotatable bonds is 2. The number of alkyl halides is 1. The standard InChI is InChI=1S/C13H13Cl2N3O/c1-17-5-4-10(13(17)19)18-11-6-8(15)2-3-9(11)16-12(18)7-14/h2-3,6,10H,4-5,7H2,1H3. The van der Waals surface area contributed by atoms with Crippen molar-refractivity contribution in [2.45, 2.75) is 18.3 Å². The van der Waals surface area contributed by atoms with Crippen LogP contribution in [0, 0.1) is 0 Å². The third kappa shape index (κ3) is 1.99. The fourth-order valence-corrected chi connectivity index (χ4v) is 2.96. The van der Waals surface area contributed by atoms with Crippen molar-refractivity contribution < 1.29 is 4.79 Å². The van der Waals surface area contributed by atoms with Crippen LogP contribution in [0.15, 0.2) is 18.2 Å². The lowest BCUT2D eigenvalue weighted by Crippen LogP contribution is -2.25. The maximum absolute atomic E-state index is 12.2. The zero-order chi connectivity index (χ0) is 13.6. The van der Waals surface area contributed by atoms with E-state index < -0.39 is 0 Å². The van der Waals surface area contributed by atoms with Crippen LogP contribution >= 0.6 is 23.2 Å². The fraction of sp³-hybridized carbons (Fsp3) is 0.385. The molecule has 19 heavy (non-hydrogen) atoms. The molecule has 0 bridgehead atoms. The molecule has 100 valence electrons. The van der Waals surface area contributed by atoms with Gasteiger partial charge in [0.15, 0.2) is 0 Å². The minimum absolute atomic E-state index is 0.102. The van der Waals surface area contributed by atoms with Gasteiger partial charge in [0.2, 0.25) is 5.91 Å². The van der Waals surface area contributed by atoms with Crippen LogP contribution in [-0.4, -0.2) is 34.0 Å². The Balaban J connectivity index is 2.20. The molecule has 0 saturated carbocycles. The van der Waals surface area contributed by atoms with Gasteiger partial charge in [-0.2, -0.15) is 0 Å². The van der Waals surface area contributed by atoms with E-state index in [9.17, 15) is 4.79 Å². The molecule has 2 aromatic rings. The summed E-state index contributed by atoms with van der Waals surface area (Å²) in [6, 6.07) is 5.27. The monoisotopic (exact) mass is 297 g/mol. The molecular formula is C13H13Cl2N3O. The first-order valence-corrected chi connectivity index (χ1v) is 7.00. The number of likely N-dealkylation sites (tertiary alicyclic amines) is 1. The van der Waals surface area contributed by atoms with Crippen LogP contribution < -0.4 is 0 Å². The van der Waals surface area contributed by atoms with Crippen molar-refractivity contribution in [3.8, 4) is 0 Å². The number of likely N-dealkylation sites (N-methyl/N-ethyl adjacent to an activating group) is 1. The number of carbonyl (C=O) groups excluding carboxylic acids is 1. The lowest BCUT2D eigenvalue weighted by molar-refractivity contribution is -0.129. The van der Waals surface area contributed by atoms with Crippen LogP contribution in [0.5, 0.6) is 0 Å². The molecule has 1 fully saturated rings. The molecule has 4 nitrogen and oxygen atoms in total. The first-order valence-electron chi connectivity index (χ1n) is 6.09. The summed E-state index contributed by atoms with van der Waals surface area (Å²) in [7, 11) is 1.81. The normalized spacial score (nSPS) is 19.6. The van der Waals surface area contributed by atoms with Crippen LogP contribution in [-0.2, 0) is 10.7 Å². The number of hydrogen-bond donors (Lipinski definition) is 0. The van der Waals surface area contributed by atoms with E-state index in [-0.39, 0.29) is 17.8 Å². The second kappa shape index (κ2) is 4.69. The van der Waals surface area contributed by atoms with Crippen LogP contribution in [0.25, 0.3) is 11.0 Å². The molecule has 3 rings (SSSR count). The van der Waals surface area contributed by atoms with Crippen molar-refractivity contribution in [1.29, 1.82) is 0 Å². The Morgan fingerprint density at radius 1 is 1.47 bits per heavy atom. The smallest absolute Gasteiger partial charge is 0.245 e. The van der Waals surface area contributed by atoms with Gasteiger partial charge in [-0.3, -0.25) is 4.79 Å². The summed E-state index contributed by atoms with van der Waals surface area (Å²) in [5.74, 6) is 1.10. The predicted molar refractivity (Wildman–Crippen MR) is 75.6 cm³/mol. The molecule has 0 aliphatic carbocycles. The Kier molecular flexibility index (Phi) is 3.15. The minimum Gasteiger partial charge on any atom is -0.344 e. The lowest BCUT2D eigenvalue weighted by atomic mass is 10.2. The second-order valence-corrected chi connectivity index (χ2v) is 5.43. The van der Waals surface area contributed by atoms with E-state index in [0.29, 0.717) is 10.8 Å². The fourth-order valence-electron chi connectivity index (χ4n) is 2.60. The Hall–Kier alpha value is -1.26. The number of amides is 1. The van der Waals surface area contributed by atoms with Crippen LogP contribution in [0.3, 0.4) is 0 Å². The second-order valence-electron chi connectivity index (χ2n) is 4.73. The van der Waals surface area contributed by atoms with Gasteiger partial charge in [0.25, 0.3) is 0 Å². The number of imidazole rings is 1. The molecule has 1 aromatic carbocycles. The Labute approximate surface area is 120 Å². The average molecular weight is 298 g/mol. The van der Waals surface area contributed by atoms with Crippen molar-refractivity contribution >= 4 is 40.1 Å². The quantitative estimate of drug-likeness (QED) is 0.800. The highest BCUT2D eigenvalue weighted by Gasteiger charge is 2.33. The average Bonchev–Trinajstić information content (AvgIpc) is 2.91. The van der Waals surface area contributed by atoms with Gasteiger partial charge in [0, 0.05) is 18.6 Å². The largest absolute Gasteiger partial charge is 0.344 e. The summed E-state index contributed by atoms with van der Waals surface area (Å²) >= 11 is 12.0. The maximum Gasteiger partial charge on any atom is 0.245 e. The molecule has 6 heteroatoms. The van der Waals surface area contributed by atoms with Crippen LogP contribution in [0.4, 0.5) is 0 Å². The number of aromatic nitrogens is 2. The SMILES string of the molecule is CN1CCC(n2c(CCl)nc3ccc(Cl)cc32)C1=O. The van der Waals surface area contributed by atoms with Gasteiger partial charge in [0.1, 0.15) is 11.9 Å². The van der Waals surface area contributed by atoms with Crippen molar-refractivity contribution in [1.82, 2.24) is 14.5 Å². The van der Waals surface area contributed by atoms with Gasteiger partial charge in [-0.15, -0.1) is 11.6 Å². The van der Waals surface area contributed by atoms with Crippen molar-refractivity contribution in [3.63, 3.8) is 0 Å². The molecule has 1 amide bonds. The summed E-state index contributed by atoms with van der Waals surface area (Å²) in [4.78, 5) is 18.4. The highest BCUT2D eigenvalue weighted by Crippen LogP contribution is 2.30. The number of hydrogen-bond acceptors (Lipinski definition) is 2. The number of halogens is 2. The Bertz CT molecular complexity index is 653. The number of benzene rings is 1. The van der Waals surface area contributed by atoms with Gasteiger partial charge in [-0.25, -0.2) is 4.98 Å². The third-order valence-corrected chi connectivity index (χ3v) is 4.03. The predicted octanol–water partition coefficient (Wildman–Crippen LogP) is 2.83. The molecule has 2 heterocycles. The van der Waals surface area contributed by atoms with E-state index in [1.165, 1.54) is 0 Å². The minimum atomic E-state index is -0.220. The van der Waals surface area contributed by atoms with E-state index in [2.05, 4.69) is 4.98 Å². The Morgan fingerprint density at radius 3 is 2.89 bits per heavy atom. The van der Waals surface area contributed by atoms with Crippen molar-refractivity contribution in [2.24, 2.45) is 0 Å². The van der Waals surface area contributed by atoms with Crippen LogP contribution in [0.2, 0.25) is 5.02 Å². The highest BCUT2D eigenvalue weighted by atomic mass is 35.5. The van der Waals surface area contributed by atoms with E-state index in [4.69, 9.17) is 23.2 Å². The summed E-state index contributed by atoms with van der Waals surface area (Å²) < 4.78 is 1.93. The third-order valence-electron chi connectivity index (χ3n) is 3.56. The van der Waals surface area contributed by atoms with Gasteiger partial charge < -0.3 is 9.47 Å². The summed E-state index contributed by atoms with van der Waals surface area (Å²) in [5.41, 5.74) is 1.69. The first kappa shape index (κ1) is 12.8. The van der Waals surface area contributed by atoms with Crippen molar-refractivity contribution in [3.05, 3.63) is 29.0 Å². The van der Waals surface area contributed by atoms with E-state index in [0.717, 1.165) is 24.0 Å². The van der Waals surface area contributed by atoms with Gasteiger partial charge >= 0.3 is 0 Å². The molecule has 1 saturated heterocycles. The number of carbonyl (C=O) groups is 1. The van der Waals surface area contributed by atoms with Crippen molar-refractivity contribution in [2.75, 3.05) is 13.6 Å².